The van der Waals surface area contributed by atoms with Crippen LogP contribution in [0.2, 0.25) is 0 Å². The van der Waals surface area contributed by atoms with Gasteiger partial charge in [-0.2, -0.15) is 0 Å². The van der Waals surface area contributed by atoms with Crippen LogP contribution in [-0.4, -0.2) is 60.6 Å². The van der Waals surface area contributed by atoms with E-state index in [9.17, 15) is 9.59 Å². The second-order valence-electron chi connectivity index (χ2n) is 9.45. The van der Waals surface area contributed by atoms with Crippen molar-refractivity contribution < 1.29 is 19.1 Å². The van der Waals surface area contributed by atoms with Crippen LogP contribution in [0.1, 0.15) is 68.0 Å². The SMILES string of the molecule is CCC(=O)N(CC(=O)N1CCc2sccc2[C@@H]1COc1ccc(C(C)C)cc1)C[C@@H]1CCCO1. The van der Waals surface area contributed by atoms with Crippen molar-refractivity contribution in [1.29, 1.82) is 0 Å². The lowest BCUT2D eigenvalue weighted by Crippen LogP contribution is -2.49. The number of carbonyl (C=O) groups excluding carboxylic acids is 2. The first-order valence-electron chi connectivity index (χ1n) is 12.4. The molecule has 2 aromatic rings. The third-order valence-corrected chi connectivity index (χ3v) is 7.80. The highest BCUT2D eigenvalue weighted by Gasteiger charge is 2.34. The molecule has 1 aromatic carbocycles. The number of rotatable bonds is 9. The fourth-order valence-electron chi connectivity index (χ4n) is 4.77. The fraction of sp³-hybridized carbons (Fsp3) is 0.556. The number of ether oxygens (including phenoxy) is 2. The standard InChI is InChI=1S/C27H36N2O4S/c1-4-26(30)28(16-22-6-5-14-32-22)17-27(31)29-13-11-25-23(12-15-34-25)24(29)18-33-21-9-7-20(8-10-21)19(2)3/h7-10,12,15,19,22,24H,4-6,11,13-14,16-18H2,1-3H3/t22-,24-/m0/s1. The summed E-state index contributed by atoms with van der Waals surface area (Å²) in [5, 5.41) is 2.09. The molecule has 0 aliphatic carbocycles. The predicted molar refractivity (Wildman–Crippen MR) is 134 cm³/mol. The Kier molecular flexibility index (Phi) is 8.27. The molecule has 0 unspecified atom stereocenters. The molecule has 1 saturated heterocycles. The first-order chi connectivity index (χ1) is 16.5. The molecule has 2 aliphatic heterocycles. The molecule has 0 spiro atoms. The van der Waals surface area contributed by atoms with Crippen molar-refractivity contribution in [2.24, 2.45) is 0 Å². The van der Waals surface area contributed by atoms with Gasteiger partial charge in [-0.25, -0.2) is 0 Å². The van der Waals surface area contributed by atoms with E-state index >= 15 is 0 Å². The second kappa shape index (κ2) is 11.4. The molecule has 7 heteroatoms. The number of fused-ring (bicyclic) bond motifs is 1. The van der Waals surface area contributed by atoms with E-state index in [-0.39, 0.29) is 30.5 Å². The van der Waals surface area contributed by atoms with E-state index in [1.165, 1.54) is 10.4 Å². The highest BCUT2D eigenvalue weighted by molar-refractivity contribution is 7.10. The van der Waals surface area contributed by atoms with E-state index in [4.69, 9.17) is 9.47 Å². The first-order valence-corrected chi connectivity index (χ1v) is 13.3. The average molecular weight is 485 g/mol. The summed E-state index contributed by atoms with van der Waals surface area (Å²) in [5.74, 6) is 1.24. The largest absolute Gasteiger partial charge is 0.491 e. The molecule has 2 aliphatic rings. The maximum atomic E-state index is 13.5. The Morgan fingerprint density at radius 1 is 1.24 bits per heavy atom. The number of hydrogen-bond donors (Lipinski definition) is 0. The molecule has 0 radical (unpaired) electrons. The number of carbonyl (C=O) groups is 2. The van der Waals surface area contributed by atoms with E-state index in [0.29, 0.717) is 32.0 Å². The van der Waals surface area contributed by atoms with Crippen LogP contribution >= 0.6 is 11.3 Å². The van der Waals surface area contributed by atoms with Crippen LogP contribution in [0.3, 0.4) is 0 Å². The lowest BCUT2D eigenvalue weighted by molar-refractivity contribution is -0.143. The van der Waals surface area contributed by atoms with Crippen LogP contribution in [0.5, 0.6) is 5.75 Å². The van der Waals surface area contributed by atoms with Gasteiger partial charge in [0, 0.05) is 31.0 Å². The minimum absolute atomic E-state index is 0.00451. The number of hydrogen-bond acceptors (Lipinski definition) is 5. The van der Waals surface area contributed by atoms with Gasteiger partial charge < -0.3 is 19.3 Å². The number of amides is 2. The Hall–Kier alpha value is -2.38. The zero-order chi connectivity index (χ0) is 24.1. The van der Waals surface area contributed by atoms with Crippen molar-refractivity contribution in [1.82, 2.24) is 9.80 Å². The van der Waals surface area contributed by atoms with Crippen LogP contribution in [0.25, 0.3) is 0 Å². The van der Waals surface area contributed by atoms with Gasteiger partial charge in [0.05, 0.1) is 18.7 Å². The average Bonchev–Trinajstić information content (AvgIpc) is 3.53. The third-order valence-electron chi connectivity index (χ3n) is 6.80. The maximum Gasteiger partial charge on any atom is 0.242 e. The molecule has 4 rings (SSSR count). The molecule has 1 aromatic heterocycles. The number of nitrogens with zero attached hydrogens (tertiary/aromatic N) is 2. The van der Waals surface area contributed by atoms with Crippen molar-refractivity contribution in [3.63, 3.8) is 0 Å². The third kappa shape index (κ3) is 5.81. The topological polar surface area (TPSA) is 59.1 Å². The quantitative estimate of drug-likeness (QED) is 0.513. The lowest BCUT2D eigenvalue weighted by Gasteiger charge is -2.37. The highest BCUT2D eigenvalue weighted by atomic mass is 32.1. The predicted octanol–water partition coefficient (Wildman–Crippen LogP) is 4.79. The van der Waals surface area contributed by atoms with Crippen molar-refractivity contribution in [2.45, 2.75) is 64.5 Å². The Bertz CT molecular complexity index is 965. The zero-order valence-electron chi connectivity index (χ0n) is 20.5. The summed E-state index contributed by atoms with van der Waals surface area (Å²) in [5.41, 5.74) is 2.43. The number of benzene rings is 1. The second-order valence-corrected chi connectivity index (χ2v) is 10.5. The van der Waals surface area contributed by atoms with Gasteiger partial charge in [-0.3, -0.25) is 9.59 Å². The van der Waals surface area contributed by atoms with E-state index in [1.807, 2.05) is 24.0 Å². The van der Waals surface area contributed by atoms with Gasteiger partial charge in [-0.1, -0.05) is 32.9 Å². The summed E-state index contributed by atoms with van der Waals surface area (Å²) in [6, 6.07) is 10.1. The summed E-state index contributed by atoms with van der Waals surface area (Å²) >= 11 is 1.74. The Balaban J connectivity index is 1.46. The van der Waals surface area contributed by atoms with E-state index in [2.05, 4.69) is 37.4 Å². The molecule has 0 bridgehead atoms. The van der Waals surface area contributed by atoms with E-state index < -0.39 is 0 Å². The van der Waals surface area contributed by atoms with Gasteiger partial charge >= 0.3 is 0 Å². The van der Waals surface area contributed by atoms with Crippen molar-refractivity contribution in [3.8, 4) is 5.75 Å². The minimum Gasteiger partial charge on any atom is -0.491 e. The van der Waals surface area contributed by atoms with E-state index in [1.54, 1.807) is 16.2 Å². The molecule has 1 fully saturated rings. The molecular weight excluding hydrogens is 448 g/mol. The summed E-state index contributed by atoms with van der Waals surface area (Å²) in [4.78, 5) is 31.0. The molecular formula is C27H36N2O4S. The fourth-order valence-corrected chi connectivity index (χ4v) is 5.69. The Morgan fingerprint density at radius 3 is 2.71 bits per heavy atom. The lowest BCUT2D eigenvalue weighted by atomic mass is 10.00. The zero-order valence-corrected chi connectivity index (χ0v) is 21.3. The molecule has 0 N–H and O–H groups in total. The monoisotopic (exact) mass is 484 g/mol. The van der Waals surface area contributed by atoms with E-state index in [0.717, 1.165) is 37.2 Å². The summed E-state index contributed by atoms with van der Waals surface area (Å²) in [6.07, 6.45) is 3.20. The first kappa shape index (κ1) is 24.7. The normalized spacial score (nSPS) is 19.8. The van der Waals surface area contributed by atoms with Gasteiger partial charge in [0.15, 0.2) is 0 Å². The van der Waals surface area contributed by atoms with Gasteiger partial charge in [0.25, 0.3) is 0 Å². The molecule has 0 saturated carbocycles. The smallest absolute Gasteiger partial charge is 0.242 e. The van der Waals surface area contributed by atoms with Gasteiger partial charge in [0.1, 0.15) is 12.4 Å². The summed E-state index contributed by atoms with van der Waals surface area (Å²) in [7, 11) is 0. The molecule has 184 valence electrons. The van der Waals surface area contributed by atoms with Crippen LogP contribution in [-0.2, 0) is 20.7 Å². The van der Waals surface area contributed by atoms with Crippen molar-refractivity contribution >= 4 is 23.2 Å². The van der Waals surface area contributed by atoms with Crippen LogP contribution in [0, 0.1) is 0 Å². The Labute approximate surface area is 206 Å². The van der Waals surface area contributed by atoms with Gasteiger partial charge in [-0.05, 0) is 59.9 Å². The summed E-state index contributed by atoms with van der Waals surface area (Å²) < 4.78 is 11.9. The number of thiophene rings is 1. The van der Waals surface area contributed by atoms with Crippen LogP contribution in [0.15, 0.2) is 35.7 Å². The van der Waals surface area contributed by atoms with Crippen molar-refractivity contribution in [3.05, 3.63) is 51.7 Å². The molecule has 3 heterocycles. The van der Waals surface area contributed by atoms with Crippen LogP contribution in [0.4, 0.5) is 0 Å². The Morgan fingerprint density at radius 2 is 2.03 bits per heavy atom. The molecule has 2 atom stereocenters. The van der Waals surface area contributed by atoms with Crippen LogP contribution < -0.4 is 4.74 Å². The minimum atomic E-state index is -0.159. The van der Waals surface area contributed by atoms with Crippen molar-refractivity contribution in [2.75, 3.05) is 32.8 Å². The maximum absolute atomic E-state index is 13.5. The molecule has 2 amide bonds. The molecule has 34 heavy (non-hydrogen) atoms. The van der Waals surface area contributed by atoms with Gasteiger partial charge in [0.2, 0.25) is 11.8 Å². The highest BCUT2D eigenvalue weighted by Crippen LogP contribution is 2.34. The summed E-state index contributed by atoms with van der Waals surface area (Å²) in [6.45, 7) is 8.53. The van der Waals surface area contributed by atoms with Gasteiger partial charge in [-0.15, -0.1) is 11.3 Å². The molecule has 6 nitrogen and oxygen atoms in total.